The topological polar surface area (TPSA) is 98.5 Å². The molecule has 19 heavy (non-hydrogen) atoms. The molecule has 0 amide bonds. The highest BCUT2D eigenvalue weighted by atomic mass is 32.2. The highest BCUT2D eigenvalue weighted by Gasteiger charge is 2.34. The van der Waals surface area contributed by atoms with Crippen LogP contribution in [0.3, 0.4) is 0 Å². The van der Waals surface area contributed by atoms with Gasteiger partial charge in [-0.25, -0.2) is 17.9 Å². The highest BCUT2D eigenvalue weighted by molar-refractivity contribution is 7.89. The van der Waals surface area contributed by atoms with Crippen molar-refractivity contribution >= 4 is 27.3 Å². The Kier molecular flexibility index (Phi) is 3.95. The third kappa shape index (κ3) is 2.97. The molecule has 1 aliphatic rings. The molecule has 0 atom stereocenters. The summed E-state index contributed by atoms with van der Waals surface area (Å²) >= 11 is 1.04. The molecule has 1 aromatic rings. The van der Waals surface area contributed by atoms with Gasteiger partial charge in [0.25, 0.3) is 0 Å². The Labute approximate surface area is 116 Å². The molecule has 0 aromatic carbocycles. The summed E-state index contributed by atoms with van der Waals surface area (Å²) in [4.78, 5) is 11.5. The molecule has 1 fully saturated rings. The molecule has 6 nitrogen and oxygen atoms in total. The Bertz CT molecular complexity index is 575. The van der Waals surface area contributed by atoms with E-state index in [0.29, 0.717) is 0 Å². The third-order valence-electron chi connectivity index (χ3n) is 3.25. The largest absolute Gasteiger partial charge is 0.465 e. The zero-order valence-electron chi connectivity index (χ0n) is 10.5. The Hall–Kier alpha value is -0.960. The van der Waals surface area contributed by atoms with Crippen molar-refractivity contribution in [2.24, 2.45) is 5.73 Å². The second kappa shape index (κ2) is 5.20. The molecule has 0 aliphatic heterocycles. The van der Waals surface area contributed by atoms with Crippen molar-refractivity contribution in [3.05, 3.63) is 16.3 Å². The predicted molar refractivity (Wildman–Crippen MR) is 71.6 cm³/mol. The van der Waals surface area contributed by atoms with Crippen LogP contribution in [0.4, 0.5) is 0 Å². The van der Waals surface area contributed by atoms with Crippen molar-refractivity contribution < 1.29 is 17.9 Å². The molecule has 1 aliphatic carbocycles. The Morgan fingerprint density at radius 1 is 1.58 bits per heavy atom. The first kappa shape index (κ1) is 14.4. The number of nitrogens with one attached hydrogen (secondary N) is 1. The van der Waals surface area contributed by atoms with Gasteiger partial charge >= 0.3 is 5.97 Å². The van der Waals surface area contributed by atoms with Crippen LogP contribution in [-0.2, 0) is 14.8 Å². The summed E-state index contributed by atoms with van der Waals surface area (Å²) in [5.41, 5.74) is 5.52. The van der Waals surface area contributed by atoms with Crippen LogP contribution >= 0.6 is 11.3 Å². The number of ether oxygens (including phenoxy) is 1. The molecule has 0 saturated heterocycles. The second-order valence-corrected chi connectivity index (χ2v) is 7.30. The van der Waals surface area contributed by atoms with Crippen LogP contribution in [0.25, 0.3) is 0 Å². The number of rotatable bonds is 5. The van der Waals surface area contributed by atoms with Crippen LogP contribution in [0.2, 0.25) is 0 Å². The second-order valence-electron chi connectivity index (χ2n) is 4.65. The van der Waals surface area contributed by atoms with Gasteiger partial charge in [-0.2, -0.15) is 0 Å². The van der Waals surface area contributed by atoms with E-state index >= 15 is 0 Å². The summed E-state index contributed by atoms with van der Waals surface area (Å²) < 4.78 is 31.3. The van der Waals surface area contributed by atoms with Crippen LogP contribution in [0.5, 0.6) is 0 Å². The van der Waals surface area contributed by atoms with Gasteiger partial charge in [-0.05, 0) is 30.7 Å². The van der Waals surface area contributed by atoms with Gasteiger partial charge in [0.1, 0.15) is 9.77 Å². The van der Waals surface area contributed by atoms with E-state index in [9.17, 15) is 13.2 Å². The maximum absolute atomic E-state index is 12.2. The van der Waals surface area contributed by atoms with Crippen molar-refractivity contribution in [1.29, 1.82) is 0 Å². The number of carbonyl (C=O) groups excluding carboxylic acids is 1. The van der Waals surface area contributed by atoms with Crippen molar-refractivity contribution in [1.82, 2.24) is 4.72 Å². The SMILES string of the molecule is COC(=O)c1sccc1S(=O)(=O)NCC1(N)CCC1. The van der Waals surface area contributed by atoms with Crippen LogP contribution in [0.1, 0.15) is 28.9 Å². The van der Waals surface area contributed by atoms with E-state index in [1.165, 1.54) is 13.2 Å². The molecule has 0 unspecified atom stereocenters. The van der Waals surface area contributed by atoms with Gasteiger partial charge in [-0.3, -0.25) is 0 Å². The molecule has 3 N–H and O–H groups in total. The number of hydrogen-bond donors (Lipinski definition) is 2. The van der Waals surface area contributed by atoms with Gasteiger partial charge < -0.3 is 10.5 Å². The fourth-order valence-corrected chi connectivity index (χ4v) is 4.35. The molecule has 0 radical (unpaired) electrons. The number of carbonyl (C=O) groups is 1. The number of esters is 1. The van der Waals surface area contributed by atoms with E-state index in [1.54, 1.807) is 5.38 Å². The zero-order chi connectivity index (χ0) is 14.1. The van der Waals surface area contributed by atoms with E-state index in [0.717, 1.165) is 30.6 Å². The Morgan fingerprint density at radius 2 is 2.26 bits per heavy atom. The van der Waals surface area contributed by atoms with Gasteiger partial charge in [0.05, 0.1) is 7.11 Å². The maximum Gasteiger partial charge on any atom is 0.349 e. The fourth-order valence-electron chi connectivity index (χ4n) is 1.87. The molecule has 106 valence electrons. The summed E-state index contributed by atoms with van der Waals surface area (Å²) in [7, 11) is -2.52. The lowest BCUT2D eigenvalue weighted by Gasteiger charge is -2.37. The van der Waals surface area contributed by atoms with Gasteiger partial charge in [0, 0.05) is 12.1 Å². The number of sulfonamides is 1. The quantitative estimate of drug-likeness (QED) is 0.780. The minimum atomic E-state index is -3.73. The molecule has 8 heteroatoms. The first-order chi connectivity index (χ1) is 8.88. The summed E-state index contributed by atoms with van der Waals surface area (Å²) in [6.07, 6.45) is 2.64. The van der Waals surface area contributed by atoms with Crippen LogP contribution in [0.15, 0.2) is 16.3 Å². The average molecular weight is 304 g/mol. The monoisotopic (exact) mass is 304 g/mol. The van der Waals surface area contributed by atoms with Gasteiger partial charge in [0.15, 0.2) is 0 Å². The Balaban J connectivity index is 2.15. The summed E-state index contributed by atoms with van der Waals surface area (Å²) in [5, 5.41) is 1.54. The van der Waals surface area contributed by atoms with Gasteiger partial charge in [-0.15, -0.1) is 11.3 Å². The number of methoxy groups -OCH3 is 1. The number of thiophene rings is 1. The van der Waals surface area contributed by atoms with Crippen LogP contribution < -0.4 is 10.5 Å². The van der Waals surface area contributed by atoms with E-state index in [1.807, 2.05) is 0 Å². The molecule has 0 bridgehead atoms. The molecule has 1 aromatic heterocycles. The summed E-state index contributed by atoms with van der Waals surface area (Å²) in [6, 6.07) is 1.39. The molecule has 0 spiro atoms. The lowest BCUT2D eigenvalue weighted by atomic mass is 9.78. The summed E-state index contributed by atoms with van der Waals surface area (Å²) in [6.45, 7) is 0.186. The lowest BCUT2D eigenvalue weighted by Crippen LogP contribution is -2.54. The fraction of sp³-hybridized carbons (Fsp3) is 0.545. The highest BCUT2D eigenvalue weighted by Crippen LogP contribution is 2.29. The van der Waals surface area contributed by atoms with Gasteiger partial charge in [0.2, 0.25) is 10.0 Å². The van der Waals surface area contributed by atoms with E-state index in [2.05, 4.69) is 9.46 Å². The third-order valence-corrected chi connectivity index (χ3v) is 5.72. The lowest BCUT2D eigenvalue weighted by molar-refractivity contribution is 0.0602. The average Bonchev–Trinajstić information content (AvgIpc) is 2.83. The molecular formula is C11H16N2O4S2. The standard InChI is InChI=1S/C11H16N2O4S2/c1-17-10(14)9-8(3-6-18-9)19(15,16)13-7-11(12)4-2-5-11/h3,6,13H,2,4-5,7,12H2,1H3. The molecule has 2 rings (SSSR count). The van der Waals surface area contributed by atoms with Crippen molar-refractivity contribution in [3.63, 3.8) is 0 Å². The maximum atomic E-state index is 12.2. The molecular weight excluding hydrogens is 288 g/mol. The zero-order valence-corrected chi connectivity index (χ0v) is 12.1. The number of nitrogens with two attached hydrogens (primary N) is 1. The van der Waals surface area contributed by atoms with Crippen molar-refractivity contribution in [2.75, 3.05) is 13.7 Å². The van der Waals surface area contributed by atoms with Crippen LogP contribution in [-0.4, -0.2) is 33.6 Å². The van der Waals surface area contributed by atoms with Crippen molar-refractivity contribution in [3.8, 4) is 0 Å². The smallest absolute Gasteiger partial charge is 0.349 e. The van der Waals surface area contributed by atoms with Crippen LogP contribution in [0, 0.1) is 0 Å². The predicted octanol–water partition coefficient (Wildman–Crippen LogP) is 0.694. The molecule has 1 heterocycles. The minimum absolute atomic E-state index is 0.0488. The normalized spacial score (nSPS) is 17.8. The first-order valence-electron chi connectivity index (χ1n) is 5.82. The van der Waals surface area contributed by atoms with E-state index in [-0.39, 0.29) is 16.3 Å². The van der Waals surface area contributed by atoms with E-state index < -0.39 is 21.5 Å². The minimum Gasteiger partial charge on any atom is -0.465 e. The number of hydrogen-bond acceptors (Lipinski definition) is 6. The first-order valence-corrected chi connectivity index (χ1v) is 8.19. The molecule has 1 saturated carbocycles. The summed E-state index contributed by atoms with van der Waals surface area (Å²) in [5.74, 6) is -0.651. The van der Waals surface area contributed by atoms with E-state index in [4.69, 9.17) is 5.73 Å². The van der Waals surface area contributed by atoms with Gasteiger partial charge in [-0.1, -0.05) is 0 Å². The Morgan fingerprint density at radius 3 is 2.79 bits per heavy atom. The van der Waals surface area contributed by atoms with Crippen molar-refractivity contribution in [2.45, 2.75) is 29.7 Å².